The zero-order valence-electron chi connectivity index (χ0n) is 14.1. The van der Waals surface area contributed by atoms with Crippen molar-refractivity contribution in [1.29, 1.82) is 0 Å². The average Bonchev–Trinajstić information content (AvgIpc) is 2.78. The van der Waals surface area contributed by atoms with Gasteiger partial charge in [0.2, 0.25) is 10.0 Å². The summed E-state index contributed by atoms with van der Waals surface area (Å²) in [4.78, 5) is 2.64. The Morgan fingerprint density at radius 1 is 1.12 bits per heavy atom. The van der Waals surface area contributed by atoms with Crippen LogP contribution in [-0.2, 0) is 23.1 Å². The summed E-state index contributed by atoms with van der Waals surface area (Å²) in [5.41, 5.74) is 3.48. The third-order valence-corrected chi connectivity index (χ3v) is 6.07. The van der Waals surface area contributed by atoms with Crippen LogP contribution in [0.4, 0.5) is 5.69 Å². The smallest absolute Gasteiger partial charge is 0.242 e. The lowest BCUT2D eigenvalue weighted by atomic mass is 10.1. The second-order valence-electron chi connectivity index (χ2n) is 6.16. The van der Waals surface area contributed by atoms with Crippen LogP contribution in [0.25, 0.3) is 0 Å². The predicted molar refractivity (Wildman–Crippen MR) is 96.5 cm³/mol. The van der Waals surface area contributed by atoms with E-state index in [1.165, 1.54) is 15.6 Å². The summed E-state index contributed by atoms with van der Waals surface area (Å²) >= 11 is 0. The van der Waals surface area contributed by atoms with Gasteiger partial charge in [-0.3, -0.25) is 0 Å². The van der Waals surface area contributed by atoms with E-state index >= 15 is 0 Å². The number of anilines is 1. The molecule has 6 heteroatoms. The van der Waals surface area contributed by atoms with Gasteiger partial charge in [-0.15, -0.1) is 0 Å². The van der Waals surface area contributed by atoms with Crippen LogP contribution >= 0.6 is 0 Å². The van der Waals surface area contributed by atoms with Gasteiger partial charge in [-0.05, 0) is 29.3 Å². The molecule has 1 aliphatic heterocycles. The fourth-order valence-corrected chi connectivity index (χ4v) is 3.90. The summed E-state index contributed by atoms with van der Waals surface area (Å²) in [5.74, 6) is 0. The van der Waals surface area contributed by atoms with E-state index in [0.717, 1.165) is 25.2 Å². The molecule has 0 radical (unpaired) electrons. The van der Waals surface area contributed by atoms with Gasteiger partial charge in [-0.25, -0.2) is 12.7 Å². The minimum atomic E-state index is -3.41. The van der Waals surface area contributed by atoms with Crippen LogP contribution in [0, 0.1) is 0 Å². The highest BCUT2D eigenvalue weighted by Gasteiger charge is 2.19. The first kappa shape index (κ1) is 17.0. The number of hydrogen-bond acceptors (Lipinski definition) is 4. The molecule has 5 nitrogen and oxygen atoms in total. The van der Waals surface area contributed by atoms with Gasteiger partial charge < -0.3 is 10.2 Å². The van der Waals surface area contributed by atoms with Gasteiger partial charge in [0.1, 0.15) is 0 Å². The second-order valence-corrected chi connectivity index (χ2v) is 8.31. The molecule has 1 heterocycles. The Kier molecular flexibility index (Phi) is 4.89. The molecule has 0 unspecified atom stereocenters. The van der Waals surface area contributed by atoms with Crippen molar-refractivity contribution >= 4 is 15.7 Å². The third-order valence-electron chi connectivity index (χ3n) is 4.26. The van der Waals surface area contributed by atoms with Crippen molar-refractivity contribution < 1.29 is 8.42 Å². The molecule has 0 spiro atoms. The molecule has 0 aliphatic carbocycles. The van der Waals surface area contributed by atoms with Crippen molar-refractivity contribution in [1.82, 2.24) is 9.62 Å². The Hall–Kier alpha value is -1.89. The van der Waals surface area contributed by atoms with Gasteiger partial charge in [0.25, 0.3) is 0 Å². The maximum atomic E-state index is 12.3. The minimum Gasteiger partial charge on any atom is -0.366 e. The van der Waals surface area contributed by atoms with Crippen LogP contribution in [-0.4, -0.2) is 39.9 Å². The summed E-state index contributed by atoms with van der Waals surface area (Å²) < 4.78 is 25.9. The van der Waals surface area contributed by atoms with E-state index in [1.807, 2.05) is 24.3 Å². The topological polar surface area (TPSA) is 52.7 Å². The molecular weight excluding hydrogens is 322 g/mol. The standard InChI is InChI=1S/C18H23N3O2S/c1-20(2)24(22,23)17-8-5-6-15(12-17)14-21-11-10-19-13-16-7-3-4-9-18(16)21/h3-9,12,19H,10-11,13-14H2,1-2H3. The Bertz CT molecular complexity index is 819. The third kappa shape index (κ3) is 3.45. The molecule has 0 saturated heterocycles. The molecule has 128 valence electrons. The number of benzene rings is 2. The predicted octanol–water partition coefficient (Wildman–Crippen LogP) is 2.05. The minimum absolute atomic E-state index is 0.339. The van der Waals surface area contributed by atoms with Crippen LogP contribution in [0.2, 0.25) is 0 Å². The van der Waals surface area contributed by atoms with E-state index in [9.17, 15) is 8.42 Å². The number of hydrogen-bond donors (Lipinski definition) is 1. The average molecular weight is 345 g/mol. The molecule has 24 heavy (non-hydrogen) atoms. The summed E-state index contributed by atoms with van der Waals surface area (Å²) in [6.45, 7) is 3.35. The van der Waals surface area contributed by atoms with E-state index in [4.69, 9.17) is 0 Å². The number of fused-ring (bicyclic) bond motifs is 1. The lowest BCUT2D eigenvalue weighted by molar-refractivity contribution is 0.520. The van der Waals surface area contributed by atoms with Crippen LogP contribution in [0.3, 0.4) is 0 Å². The number of rotatable bonds is 4. The second kappa shape index (κ2) is 6.93. The first-order valence-electron chi connectivity index (χ1n) is 8.03. The summed E-state index contributed by atoms with van der Waals surface area (Å²) in [7, 11) is -0.297. The number of sulfonamides is 1. The summed E-state index contributed by atoms with van der Waals surface area (Å²) in [5, 5.41) is 3.43. The monoisotopic (exact) mass is 345 g/mol. The normalized spacial score (nSPS) is 15.2. The fraction of sp³-hybridized carbons (Fsp3) is 0.333. The lowest BCUT2D eigenvalue weighted by Crippen LogP contribution is -2.28. The van der Waals surface area contributed by atoms with Crippen LogP contribution in [0.15, 0.2) is 53.4 Å². The van der Waals surface area contributed by atoms with Gasteiger partial charge in [-0.1, -0.05) is 30.3 Å². The van der Waals surface area contributed by atoms with E-state index < -0.39 is 10.0 Å². The Labute approximate surface area is 144 Å². The largest absolute Gasteiger partial charge is 0.366 e. The zero-order chi connectivity index (χ0) is 17.2. The lowest BCUT2D eigenvalue weighted by Gasteiger charge is -2.25. The van der Waals surface area contributed by atoms with Crippen molar-refractivity contribution in [2.24, 2.45) is 0 Å². The Morgan fingerprint density at radius 3 is 2.71 bits per heavy atom. The molecule has 0 bridgehead atoms. The van der Waals surface area contributed by atoms with Gasteiger partial charge >= 0.3 is 0 Å². The first-order chi connectivity index (χ1) is 11.5. The van der Waals surface area contributed by atoms with E-state index in [1.54, 1.807) is 26.2 Å². The quantitative estimate of drug-likeness (QED) is 0.921. The maximum absolute atomic E-state index is 12.3. The first-order valence-corrected chi connectivity index (χ1v) is 9.47. The summed E-state index contributed by atoms with van der Waals surface area (Å²) in [6, 6.07) is 15.6. The molecule has 0 aromatic heterocycles. The molecular formula is C18H23N3O2S. The van der Waals surface area contributed by atoms with Gasteiger partial charge in [0.05, 0.1) is 4.90 Å². The van der Waals surface area contributed by atoms with E-state index in [2.05, 4.69) is 22.3 Å². The van der Waals surface area contributed by atoms with Crippen molar-refractivity contribution in [2.75, 3.05) is 32.1 Å². The van der Waals surface area contributed by atoms with Crippen molar-refractivity contribution in [3.05, 3.63) is 59.7 Å². The molecule has 0 fully saturated rings. The van der Waals surface area contributed by atoms with Crippen molar-refractivity contribution in [3.8, 4) is 0 Å². The van der Waals surface area contributed by atoms with Crippen LogP contribution in [0.5, 0.6) is 0 Å². The number of nitrogens with one attached hydrogen (secondary N) is 1. The van der Waals surface area contributed by atoms with Crippen molar-refractivity contribution in [2.45, 2.75) is 18.0 Å². The number of para-hydroxylation sites is 1. The van der Waals surface area contributed by atoms with Crippen LogP contribution in [0.1, 0.15) is 11.1 Å². The molecule has 0 atom stereocenters. The molecule has 0 amide bonds. The molecule has 1 N–H and O–H groups in total. The molecule has 2 aromatic carbocycles. The van der Waals surface area contributed by atoms with E-state index in [-0.39, 0.29) is 0 Å². The van der Waals surface area contributed by atoms with Gasteiger partial charge in [0, 0.05) is 46.0 Å². The van der Waals surface area contributed by atoms with E-state index in [0.29, 0.717) is 11.4 Å². The van der Waals surface area contributed by atoms with Gasteiger partial charge in [-0.2, -0.15) is 0 Å². The molecule has 3 rings (SSSR count). The van der Waals surface area contributed by atoms with Crippen molar-refractivity contribution in [3.63, 3.8) is 0 Å². The Morgan fingerprint density at radius 2 is 1.92 bits per heavy atom. The highest BCUT2D eigenvalue weighted by molar-refractivity contribution is 7.89. The van der Waals surface area contributed by atoms with Crippen LogP contribution < -0.4 is 10.2 Å². The maximum Gasteiger partial charge on any atom is 0.242 e. The number of nitrogens with zero attached hydrogens (tertiary/aromatic N) is 2. The SMILES string of the molecule is CN(C)S(=O)(=O)c1cccc(CN2CCNCc3ccccc32)c1. The molecule has 0 saturated carbocycles. The van der Waals surface area contributed by atoms with Gasteiger partial charge in [0.15, 0.2) is 0 Å². The highest BCUT2D eigenvalue weighted by Crippen LogP contribution is 2.24. The Balaban J connectivity index is 1.90. The fourth-order valence-electron chi connectivity index (χ4n) is 2.93. The highest BCUT2D eigenvalue weighted by atomic mass is 32.2. The zero-order valence-corrected chi connectivity index (χ0v) is 14.9. The summed E-state index contributed by atoms with van der Waals surface area (Å²) in [6.07, 6.45) is 0. The molecule has 2 aromatic rings. The molecule has 1 aliphatic rings.